The van der Waals surface area contributed by atoms with Gasteiger partial charge in [-0.05, 0) is 47.9 Å². The number of aryl methyl sites for hydroxylation is 1. The minimum atomic E-state index is -5.00. The standard InChI is InChI=1S/C33H34F6N4O3/c1-21-4-2-3-5-26(21)27-19-28(42-8-6-25(7-9-42)41-10-13-45-14-11-41)40-30-29(27)31(44)43(12-15-46-30)20-22-16-23(32(34,35)36)18-24(17-22)33(37,38)39/h2-5,16-19,25H,6-15,20H2,1H3/p+1. The van der Waals surface area contributed by atoms with Gasteiger partial charge in [0, 0.05) is 38.0 Å². The van der Waals surface area contributed by atoms with Gasteiger partial charge >= 0.3 is 12.4 Å². The summed E-state index contributed by atoms with van der Waals surface area (Å²) < 4.78 is 92.9. The quantitative estimate of drug-likeness (QED) is 0.394. The molecule has 1 aromatic heterocycles. The lowest BCUT2D eigenvalue weighted by Gasteiger charge is -2.38. The number of anilines is 1. The van der Waals surface area contributed by atoms with Crippen molar-refractivity contribution in [2.75, 3.05) is 57.4 Å². The van der Waals surface area contributed by atoms with E-state index in [-0.39, 0.29) is 36.2 Å². The Morgan fingerprint density at radius 2 is 1.52 bits per heavy atom. The Morgan fingerprint density at radius 3 is 2.15 bits per heavy atom. The number of carbonyl (C=O) groups excluding carboxylic acids is 1. The number of amides is 1. The van der Waals surface area contributed by atoms with E-state index in [4.69, 9.17) is 14.5 Å². The van der Waals surface area contributed by atoms with Gasteiger partial charge in [-0.2, -0.15) is 31.3 Å². The molecule has 0 spiro atoms. The van der Waals surface area contributed by atoms with E-state index in [9.17, 15) is 31.1 Å². The van der Waals surface area contributed by atoms with E-state index in [0.717, 1.165) is 63.4 Å². The molecule has 3 aliphatic rings. The molecule has 3 aromatic rings. The van der Waals surface area contributed by atoms with Crippen LogP contribution in [0.5, 0.6) is 5.88 Å². The van der Waals surface area contributed by atoms with Crippen LogP contribution in [0.15, 0.2) is 48.5 Å². The second-order valence-corrected chi connectivity index (χ2v) is 12.0. The first-order valence-electron chi connectivity index (χ1n) is 15.4. The number of nitrogens with zero attached hydrogens (tertiary/aromatic N) is 3. The van der Waals surface area contributed by atoms with Crippen LogP contribution in [0.3, 0.4) is 0 Å². The van der Waals surface area contributed by atoms with Crippen LogP contribution in [0.4, 0.5) is 32.2 Å². The number of fused-ring (bicyclic) bond motifs is 1. The molecule has 0 saturated carbocycles. The van der Waals surface area contributed by atoms with Crippen molar-refractivity contribution in [3.8, 4) is 17.0 Å². The lowest BCUT2D eigenvalue weighted by Crippen LogP contribution is -3.18. The van der Waals surface area contributed by atoms with E-state index in [2.05, 4.69) is 4.90 Å². The van der Waals surface area contributed by atoms with Crippen molar-refractivity contribution in [1.29, 1.82) is 0 Å². The molecule has 0 atom stereocenters. The van der Waals surface area contributed by atoms with Crippen LogP contribution in [0.2, 0.25) is 0 Å². The van der Waals surface area contributed by atoms with Crippen LogP contribution in [-0.2, 0) is 23.6 Å². The summed E-state index contributed by atoms with van der Waals surface area (Å²) in [6.45, 7) is 6.39. The van der Waals surface area contributed by atoms with Gasteiger partial charge in [-0.3, -0.25) is 4.79 Å². The number of quaternary nitrogens is 1. The minimum Gasteiger partial charge on any atom is -0.475 e. The average molecular weight is 650 g/mol. The molecule has 0 bridgehead atoms. The van der Waals surface area contributed by atoms with Crippen LogP contribution in [0, 0.1) is 6.92 Å². The largest absolute Gasteiger partial charge is 0.475 e. The summed E-state index contributed by atoms with van der Waals surface area (Å²) in [5, 5.41) is 0. The number of morpholine rings is 1. The molecule has 46 heavy (non-hydrogen) atoms. The lowest BCUT2D eigenvalue weighted by atomic mass is 9.95. The average Bonchev–Trinajstić information content (AvgIpc) is 3.18. The molecule has 6 rings (SSSR count). The SMILES string of the molecule is Cc1ccccc1-c1cc(N2CCC([NH+]3CCOCC3)CC2)nc2c1C(=O)N(Cc1cc(C(F)(F)F)cc(C(F)(F)F)c1)CCO2. The summed E-state index contributed by atoms with van der Waals surface area (Å²) in [4.78, 5) is 23.9. The van der Waals surface area contributed by atoms with Crippen molar-refractivity contribution in [2.24, 2.45) is 0 Å². The van der Waals surface area contributed by atoms with Crippen molar-refractivity contribution in [3.63, 3.8) is 0 Å². The van der Waals surface area contributed by atoms with Gasteiger partial charge < -0.3 is 24.2 Å². The third-order valence-electron chi connectivity index (χ3n) is 9.06. The summed E-state index contributed by atoms with van der Waals surface area (Å²) in [6, 6.07) is 11.2. The van der Waals surface area contributed by atoms with Crippen LogP contribution < -0.4 is 14.5 Å². The molecule has 0 aliphatic carbocycles. The fourth-order valence-electron chi connectivity index (χ4n) is 6.62. The second-order valence-electron chi connectivity index (χ2n) is 12.0. The fourth-order valence-corrected chi connectivity index (χ4v) is 6.62. The number of alkyl halides is 6. The van der Waals surface area contributed by atoms with Crippen molar-refractivity contribution < 1.29 is 45.5 Å². The Bertz CT molecular complexity index is 1550. The van der Waals surface area contributed by atoms with Crippen molar-refractivity contribution in [3.05, 3.63) is 76.3 Å². The van der Waals surface area contributed by atoms with Gasteiger partial charge in [-0.15, -0.1) is 0 Å². The van der Waals surface area contributed by atoms with Gasteiger partial charge in [0.2, 0.25) is 5.88 Å². The molecule has 2 saturated heterocycles. The molecular formula is C33H35F6N4O3+. The van der Waals surface area contributed by atoms with Crippen molar-refractivity contribution >= 4 is 11.7 Å². The highest BCUT2D eigenvalue weighted by Gasteiger charge is 2.38. The second kappa shape index (κ2) is 12.7. The first-order valence-corrected chi connectivity index (χ1v) is 15.4. The van der Waals surface area contributed by atoms with Gasteiger partial charge in [0.1, 0.15) is 31.1 Å². The number of pyridine rings is 1. The van der Waals surface area contributed by atoms with Gasteiger partial charge in [-0.1, -0.05) is 24.3 Å². The Morgan fingerprint density at radius 1 is 0.870 bits per heavy atom. The summed E-state index contributed by atoms with van der Waals surface area (Å²) >= 11 is 0. The molecule has 2 fully saturated rings. The molecule has 7 nitrogen and oxygen atoms in total. The zero-order chi connectivity index (χ0) is 32.6. The van der Waals surface area contributed by atoms with Gasteiger partial charge in [0.25, 0.3) is 5.91 Å². The maximum Gasteiger partial charge on any atom is 0.416 e. The van der Waals surface area contributed by atoms with Crippen LogP contribution in [0.1, 0.15) is 45.5 Å². The number of halogens is 6. The monoisotopic (exact) mass is 649 g/mol. The number of rotatable bonds is 5. The maximum atomic E-state index is 14.2. The number of benzene rings is 2. The van der Waals surface area contributed by atoms with Crippen LogP contribution >= 0.6 is 0 Å². The fraction of sp³-hybridized carbons (Fsp3) is 0.455. The topological polar surface area (TPSA) is 59.3 Å². The molecule has 246 valence electrons. The number of piperidine rings is 1. The molecule has 1 amide bonds. The number of hydrogen-bond donors (Lipinski definition) is 1. The number of aromatic nitrogens is 1. The van der Waals surface area contributed by atoms with E-state index >= 15 is 0 Å². The Balaban J connectivity index is 1.34. The normalized spacial score (nSPS) is 18.7. The predicted octanol–water partition coefficient (Wildman–Crippen LogP) is 5.01. The highest BCUT2D eigenvalue weighted by molar-refractivity contribution is 6.04. The molecule has 13 heteroatoms. The molecule has 2 aromatic carbocycles. The Labute approximate surface area is 262 Å². The minimum absolute atomic E-state index is 0.0318. The van der Waals surface area contributed by atoms with E-state index in [0.29, 0.717) is 29.6 Å². The summed E-state index contributed by atoms with van der Waals surface area (Å²) in [5.41, 5.74) is -0.822. The Hall–Kier alpha value is -3.84. The molecule has 3 aliphatic heterocycles. The molecule has 4 heterocycles. The van der Waals surface area contributed by atoms with E-state index < -0.39 is 35.9 Å². The number of ether oxygens (including phenoxy) is 2. The summed E-state index contributed by atoms with van der Waals surface area (Å²) in [6.07, 6.45) is -8.05. The number of nitrogens with one attached hydrogen (secondary N) is 1. The van der Waals surface area contributed by atoms with Gasteiger partial charge in [0.15, 0.2) is 0 Å². The highest BCUT2D eigenvalue weighted by Crippen LogP contribution is 2.39. The van der Waals surface area contributed by atoms with E-state index in [1.807, 2.05) is 37.3 Å². The summed E-state index contributed by atoms with van der Waals surface area (Å²) in [5.74, 6) is 0.177. The first-order chi connectivity index (χ1) is 21.9. The summed E-state index contributed by atoms with van der Waals surface area (Å²) in [7, 11) is 0. The van der Waals surface area contributed by atoms with Gasteiger partial charge in [0.05, 0.1) is 36.9 Å². The Kier molecular flexibility index (Phi) is 8.90. The third kappa shape index (κ3) is 6.80. The molecular weight excluding hydrogens is 614 g/mol. The third-order valence-corrected chi connectivity index (χ3v) is 9.06. The smallest absolute Gasteiger partial charge is 0.416 e. The zero-order valence-electron chi connectivity index (χ0n) is 25.3. The zero-order valence-corrected chi connectivity index (χ0v) is 25.3. The molecule has 0 unspecified atom stereocenters. The van der Waals surface area contributed by atoms with E-state index in [1.54, 1.807) is 4.90 Å². The lowest BCUT2D eigenvalue weighted by molar-refractivity contribution is -0.933. The van der Waals surface area contributed by atoms with Crippen molar-refractivity contribution in [2.45, 2.75) is 44.7 Å². The number of hydrogen-bond acceptors (Lipinski definition) is 5. The highest BCUT2D eigenvalue weighted by atomic mass is 19.4. The predicted molar refractivity (Wildman–Crippen MR) is 158 cm³/mol. The first kappa shape index (κ1) is 32.1. The maximum absolute atomic E-state index is 14.2. The van der Waals surface area contributed by atoms with E-state index in [1.165, 1.54) is 4.90 Å². The number of carbonyl (C=O) groups is 1. The van der Waals surface area contributed by atoms with Crippen LogP contribution in [0.25, 0.3) is 11.1 Å². The molecule has 0 radical (unpaired) electrons. The van der Waals surface area contributed by atoms with Crippen molar-refractivity contribution in [1.82, 2.24) is 9.88 Å². The van der Waals surface area contributed by atoms with Crippen LogP contribution in [-0.4, -0.2) is 74.4 Å². The molecule has 1 N–H and O–H groups in total. The van der Waals surface area contributed by atoms with Gasteiger partial charge in [-0.25, -0.2) is 0 Å².